The van der Waals surface area contributed by atoms with Crippen LogP contribution < -0.4 is 10.2 Å². The Kier molecular flexibility index (Phi) is 4.34. The van der Waals surface area contributed by atoms with Crippen molar-refractivity contribution < 1.29 is 13.9 Å². The molecule has 0 unspecified atom stereocenters. The molecule has 1 aliphatic heterocycles. The highest BCUT2D eigenvalue weighted by molar-refractivity contribution is 6.04. The molecule has 1 heterocycles. The molecule has 2 aromatic rings. The summed E-state index contributed by atoms with van der Waals surface area (Å²) < 4.78 is 18.2. The number of benzene rings is 2. The Morgan fingerprint density at radius 2 is 1.82 bits per heavy atom. The Hall–Kier alpha value is -2.40. The van der Waals surface area contributed by atoms with Gasteiger partial charge in [0.1, 0.15) is 5.82 Å². The number of anilines is 2. The van der Waals surface area contributed by atoms with Crippen LogP contribution in [-0.2, 0) is 4.74 Å². The standard InChI is InChI=1S/C17H17FN2O2/c18-14-6-4-13(5-7-14)17(21)19-15-2-1-3-16(12-15)20-8-10-22-11-9-20/h1-7,12H,8-11H2,(H,19,21). The number of carbonyl (C=O) groups excluding carboxylic acids is 1. The average molecular weight is 300 g/mol. The van der Waals surface area contributed by atoms with Gasteiger partial charge in [0.15, 0.2) is 0 Å². The van der Waals surface area contributed by atoms with Crippen molar-refractivity contribution in [2.24, 2.45) is 0 Å². The van der Waals surface area contributed by atoms with Crippen LogP contribution in [0.4, 0.5) is 15.8 Å². The second-order valence-electron chi connectivity index (χ2n) is 5.11. The lowest BCUT2D eigenvalue weighted by Crippen LogP contribution is -2.36. The number of nitrogens with zero attached hydrogens (tertiary/aromatic N) is 1. The molecule has 22 heavy (non-hydrogen) atoms. The van der Waals surface area contributed by atoms with Gasteiger partial charge >= 0.3 is 0 Å². The molecular formula is C17H17FN2O2. The van der Waals surface area contributed by atoms with Crippen molar-refractivity contribution in [2.45, 2.75) is 0 Å². The van der Waals surface area contributed by atoms with Crippen molar-refractivity contribution in [1.82, 2.24) is 0 Å². The molecule has 1 N–H and O–H groups in total. The Bertz CT molecular complexity index is 652. The topological polar surface area (TPSA) is 41.6 Å². The van der Waals surface area contributed by atoms with Crippen molar-refractivity contribution in [2.75, 3.05) is 36.5 Å². The summed E-state index contributed by atoms with van der Waals surface area (Å²) in [6.45, 7) is 3.11. The van der Waals surface area contributed by atoms with Gasteiger partial charge < -0.3 is 15.0 Å². The predicted octanol–water partition coefficient (Wildman–Crippen LogP) is 2.91. The molecule has 0 atom stereocenters. The largest absolute Gasteiger partial charge is 0.378 e. The second-order valence-corrected chi connectivity index (χ2v) is 5.11. The summed E-state index contributed by atoms with van der Waals surface area (Å²) in [5, 5.41) is 2.84. The maximum Gasteiger partial charge on any atom is 0.255 e. The fourth-order valence-electron chi connectivity index (χ4n) is 2.41. The van der Waals surface area contributed by atoms with Crippen LogP contribution in [0.25, 0.3) is 0 Å². The van der Waals surface area contributed by atoms with Gasteiger partial charge in [0.05, 0.1) is 13.2 Å². The summed E-state index contributed by atoms with van der Waals surface area (Å²) in [5.74, 6) is -0.606. The lowest BCUT2D eigenvalue weighted by molar-refractivity contribution is 0.102. The predicted molar refractivity (Wildman–Crippen MR) is 83.8 cm³/mol. The lowest BCUT2D eigenvalue weighted by Gasteiger charge is -2.29. The van der Waals surface area contributed by atoms with Gasteiger partial charge in [-0.05, 0) is 42.5 Å². The van der Waals surface area contributed by atoms with Gasteiger partial charge in [0, 0.05) is 30.0 Å². The molecule has 3 rings (SSSR count). The first-order chi connectivity index (χ1) is 10.7. The number of halogens is 1. The first-order valence-electron chi connectivity index (χ1n) is 7.22. The zero-order chi connectivity index (χ0) is 15.4. The van der Waals surface area contributed by atoms with Gasteiger partial charge in [-0.15, -0.1) is 0 Å². The Morgan fingerprint density at radius 3 is 2.55 bits per heavy atom. The number of nitrogens with one attached hydrogen (secondary N) is 1. The van der Waals surface area contributed by atoms with Crippen LogP contribution in [0.1, 0.15) is 10.4 Å². The van der Waals surface area contributed by atoms with E-state index in [0.29, 0.717) is 18.8 Å². The highest BCUT2D eigenvalue weighted by Gasteiger charge is 2.12. The number of carbonyl (C=O) groups is 1. The molecule has 5 heteroatoms. The van der Waals surface area contributed by atoms with Gasteiger partial charge in [0.2, 0.25) is 0 Å². The monoisotopic (exact) mass is 300 g/mol. The fraction of sp³-hybridized carbons (Fsp3) is 0.235. The van der Waals surface area contributed by atoms with E-state index in [1.54, 1.807) is 0 Å². The maximum atomic E-state index is 12.9. The van der Waals surface area contributed by atoms with Gasteiger partial charge in [0.25, 0.3) is 5.91 Å². The zero-order valence-electron chi connectivity index (χ0n) is 12.1. The van der Waals surface area contributed by atoms with Crippen molar-refractivity contribution in [1.29, 1.82) is 0 Å². The highest BCUT2D eigenvalue weighted by Crippen LogP contribution is 2.21. The van der Waals surface area contributed by atoms with E-state index in [2.05, 4.69) is 10.2 Å². The van der Waals surface area contributed by atoms with Crippen molar-refractivity contribution in [3.63, 3.8) is 0 Å². The van der Waals surface area contributed by atoms with Crippen molar-refractivity contribution >= 4 is 17.3 Å². The quantitative estimate of drug-likeness (QED) is 0.947. The van der Waals surface area contributed by atoms with Gasteiger partial charge in [-0.1, -0.05) is 6.07 Å². The number of morpholine rings is 1. The van der Waals surface area contributed by atoms with Gasteiger partial charge in [-0.2, -0.15) is 0 Å². The minimum atomic E-state index is -0.356. The fourth-order valence-corrected chi connectivity index (χ4v) is 2.41. The molecular weight excluding hydrogens is 283 g/mol. The summed E-state index contributed by atoms with van der Waals surface area (Å²) in [6, 6.07) is 13.2. The third-order valence-electron chi connectivity index (χ3n) is 3.59. The molecule has 4 nitrogen and oxygen atoms in total. The van der Waals surface area contributed by atoms with Crippen LogP contribution >= 0.6 is 0 Å². The molecule has 0 radical (unpaired) electrons. The van der Waals surface area contributed by atoms with E-state index < -0.39 is 0 Å². The SMILES string of the molecule is O=C(Nc1cccc(N2CCOCC2)c1)c1ccc(F)cc1. The minimum Gasteiger partial charge on any atom is -0.378 e. The van der Waals surface area contributed by atoms with E-state index in [-0.39, 0.29) is 11.7 Å². The smallest absolute Gasteiger partial charge is 0.255 e. The molecule has 0 aromatic heterocycles. The van der Waals surface area contributed by atoms with Gasteiger partial charge in [-0.3, -0.25) is 4.79 Å². The number of hydrogen-bond donors (Lipinski definition) is 1. The maximum absolute atomic E-state index is 12.9. The molecule has 0 saturated carbocycles. The molecule has 0 spiro atoms. The van der Waals surface area contributed by atoms with Gasteiger partial charge in [-0.25, -0.2) is 4.39 Å². The molecule has 0 bridgehead atoms. The Morgan fingerprint density at radius 1 is 1.09 bits per heavy atom. The summed E-state index contributed by atoms with van der Waals surface area (Å²) in [5.41, 5.74) is 2.21. The zero-order valence-corrected chi connectivity index (χ0v) is 12.1. The van der Waals surface area contributed by atoms with Crippen LogP contribution in [-0.4, -0.2) is 32.2 Å². The summed E-state index contributed by atoms with van der Waals surface area (Å²) in [6.07, 6.45) is 0. The van der Waals surface area contributed by atoms with E-state index in [1.165, 1.54) is 24.3 Å². The van der Waals surface area contributed by atoms with E-state index >= 15 is 0 Å². The number of hydrogen-bond acceptors (Lipinski definition) is 3. The normalized spacial score (nSPS) is 14.7. The summed E-state index contributed by atoms with van der Waals surface area (Å²) in [4.78, 5) is 14.4. The van der Waals surface area contributed by atoms with Crippen LogP contribution in [0, 0.1) is 5.82 Å². The van der Waals surface area contributed by atoms with Crippen LogP contribution in [0.15, 0.2) is 48.5 Å². The molecule has 1 aliphatic rings. The number of rotatable bonds is 3. The molecule has 2 aromatic carbocycles. The van der Waals surface area contributed by atoms with E-state index in [4.69, 9.17) is 4.74 Å². The lowest BCUT2D eigenvalue weighted by atomic mass is 10.2. The Labute approximate surface area is 128 Å². The van der Waals surface area contributed by atoms with Crippen molar-refractivity contribution in [3.8, 4) is 0 Å². The van der Waals surface area contributed by atoms with E-state index in [0.717, 1.165) is 24.5 Å². The van der Waals surface area contributed by atoms with E-state index in [9.17, 15) is 9.18 Å². The van der Waals surface area contributed by atoms with Crippen molar-refractivity contribution in [3.05, 3.63) is 59.9 Å². The third kappa shape index (κ3) is 3.43. The third-order valence-corrected chi connectivity index (χ3v) is 3.59. The highest BCUT2D eigenvalue weighted by atomic mass is 19.1. The first kappa shape index (κ1) is 14.5. The molecule has 1 fully saturated rings. The Balaban J connectivity index is 1.72. The van der Waals surface area contributed by atoms with Crippen LogP contribution in [0.5, 0.6) is 0 Å². The first-order valence-corrected chi connectivity index (χ1v) is 7.22. The second kappa shape index (κ2) is 6.58. The summed E-state index contributed by atoms with van der Waals surface area (Å²) in [7, 11) is 0. The molecule has 114 valence electrons. The molecule has 1 saturated heterocycles. The minimum absolute atomic E-state index is 0.251. The molecule has 1 amide bonds. The van der Waals surface area contributed by atoms with E-state index in [1.807, 2.05) is 24.3 Å². The number of ether oxygens (including phenoxy) is 1. The molecule has 0 aliphatic carbocycles. The number of amides is 1. The van der Waals surface area contributed by atoms with Crippen LogP contribution in [0.3, 0.4) is 0 Å². The summed E-state index contributed by atoms with van der Waals surface area (Å²) >= 11 is 0. The average Bonchev–Trinajstić information content (AvgIpc) is 2.56. The van der Waals surface area contributed by atoms with Crippen LogP contribution in [0.2, 0.25) is 0 Å².